The summed E-state index contributed by atoms with van der Waals surface area (Å²) in [4.78, 5) is 49.8. The van der Waals surface area contributed by atoms with Crippen molar-refractivity contribution in [1.29, 1.82) is 0 Å². The fourth-order valence-electron chi connectivity index (χ4n) is 7.94. The minimum Gasteiger partial charge on any atom is -0.550 e. The van der Waals surface area contributed by atoms with Crippen LogP contribution in [0, 0.1) is 46.3 Å². The van der Waals surface area contributed by atoms with E-state index in [4.69, 9.17) is 0 Å². The molecule has 0 spiro atoms. The molecule has 4 aliphatic carbocycles. The molecule has 0 unspecified atom stereocenters. The first-order valence-corrected chi connectivity index (χ1v) is 11.4. The van der Waals surface area contributed by atoms with Crippen LogP contribution in [0.3, 0.4) is 0 Å². The van der Waals surface area contributed by atoms with Gasteiger partial charge in [0.2, 0.25) is 0 Å². The van der Waals surface area contributed by atoms with Crippen LogP contribution >= 0.6 is 0 Å². The summed E-state index contributed by atoms with van der Waals surface area (Å²) in [5, 5.41) is 10.9. The third-order valence-electron chi connectivity index (χ3n) is 9.71. The maximum atomic E-state index is 13.6. The molecule has 0 aromatic rings. The van der Waals surface area contributed by atoms with Crippen molar-refractivity contribution in [2.24, 2.45) is 46.3 Å². The molecule has 4 fully saturated rings. The molecular weight excluding hydrogens is 368 g/mol. The molecule has 0 amide bonds. The highest BCUT2D eigenvalue weighted by molar-refractivity contribution is 5.93. The number of carbonyl (C=O) groups is 4. The summed E-state index contributed by atoms with van der Waals surface area (Å²) >= 11 is 0. The van der Waals surface area contributed by atoms with Gasteiger partial charge in [-0.2, -0.15) is 0 Å². The van der Waals surface area contributed by atoms with Crippen molar-refractivity contribution >= 4 is 23.3 Å². The first-order chi connectivity index (χ1) is 13.6. The van der Waals surface area contributed by atoms with Crippen molar-refractivity contribution < 1.29 is 24.3 Å². The molecule has 5 heteroatoms. The van der Waals surface area contributed by atoms with Crippen LogP contribution in [-0.4, -0.2) is 23.3 Å². The molecule has 8 atom stereocenters. The normalized spacial score (nSPS) is 45.3. The van der Waals surface area contributed by atoms with E-state index in [2.05, 4.69) is 13.8 Å². The quantitative estimate of drug-likeness (QED) is 0.722. The highest BCUT2D eigenvalue weighted by atomic mass is 16.4. The van der Waals surface area contributed by atoms with Crippen LogP contribution in [0.4, 0.5) is 0 Å². The Hall–Kier alpha value is -1.52. The first-order valence-electron chi connectivity index (χ1n) is 11.4. The maximum Gasteiger partial charge on any atom is 0.139 e. The molecule has 5 nitrogen and oxygen atoms in total. The molecule has 0 heterocycles. The van der Waals surface area contributed by atoms with Gasteiger partial charge in [0.05, 0.1) is 0 Å². The van der Waals surface area contributed by atoms with Crippen molar-refractivity contribution in [3.05, 3.63) is 0 Å². The Balaban J connectivity index is 1.63. The molecule has 0 aromatic carbocycles. The van der Waals surface area contributed by atoms with Crippen LogP contribution in [0.25, 0.3) is 0 Å². The molecule has 0 radical (unpaired) electrons. The molecule has 0 bridgehead atoms. The maximum absolute atomic E-state index is 13.6. The van der Waals surface area contributed by atoms with E-state index in [9.17, 15) is 24.3 Å². The van der Waals surface area contributed by atoms with Crippen LogP contribution in [0.5, 0.6) is 0 Å². The SMILES string of the molecule is C[C@H](CCC(=O)[O-])[C@H]1CC[C@@H]2[C@@H]3C(=O)C[C@@H]4CC(=O)CC[C@]4(C)[C@H]3CC(=O)[C@@]21C. The molecule has 4 rings (SSSR count). The zero-order valence-electron chi connectivity index (χ0n) is 17.9. The van der Waals surface area contributed by atoms with Gasteiger partial charge in [0.15, 0.2) is 0 Å². The van der Waals surface area contributed by atoms with Crippen molar-refractivity contribution in [3.63, 3.8) is 0 Å². The fourth-order valence-corrected chi connectivity index (χ4v) is 7.94. The van der Waals surface area contributed by atoms with Gasteiger partial charge in [0, 0.05) is 43.0 Å². The number of carbonyl (C=O) groups excluding carboxylic acids is 4. The third kappa shape index (κ3) is 3.02. The third-order valence-corrected chi connectivity index (χ3v) is 9.71. The lowest BCUT2D eigenvalue weighted by Gasteiger charge is -2.58. The van der Waals surface area contributed by atoms with Gasteiger partial charge in [0.25, 0.3) is 0 Å². The highest BCUT2D eigenvalue weighted by Gasteiger charge is 2.66. The number of carboxylic acid groups (broad SMARTS) is 1. The minimum absolute atomic E-state index is 0.0192. The van der Waals surface area contributed by atoms with Gasteiger partial charge < -0.3 is 9.90 Å². The molecule has 29 heavy (non-hydrogen) atoms. The van der Waals surface area contributed by atoms with E-state index in [1.165, 1.54) is 0 Å². The Morgan fingerprint density at radius 2 is 1.83 bits per heavy atom. The molecule has 160 valence electrons. The van der Waals surface area contributed by atoms with E-state index in [1.54, 1.807) is 0 Å². The van der Waals surface area contributed by atoms with Gasteiger partial charge >= 0.3 is 0 Å². The summed E-state index contributed by atoms with van der Waals surface area (Å²) in [6.45, 7) is 6.32. The summed E-state index contributed by atoms with van der Waals surface area (Å²) in [6.07, 6.45) is 5.08. The van der Waals surface area contributed by atoms with Gasteiger partial charge in [-0.3, -0.25) is 14.4 Å². The highest BCUT2D eigenvalue weighted by Crippen LogP contribution is 2.66. The smallest absolute Gasteiger partial charge is 0.139 e. The van der Waals surface area contributed by atoms with Gasteiger partial charge in [-0.05, 0) is 67.1 Å². The molecule has 4 aliphatic rings. The lowest BCUT2D eigenvalue weighted by molar-refractivity contribution is -0.306. The number of carboxylic acids is 1. The number of fused-ring (bicyclic) bond motifs is 5. The van der Waals surface area contributed by atoms with E-state index in [1.807, 2.05) is 6.92 Å². The average molecular weight is 402 g/mol. The number of hydrogen-bond acceptors (Lipinski definition) is 5. The molecule has 4 saturated carbocycles. The number of aliphatic carboxylic acids is 1. The number of ketones is 3. The standard InChI is InChI=1S/C24H34O5/c1-13(4-7-21(28)29)16-5-6-17-22-18(12-20(27)24(16,17)3)23(2)9-8-15(25)10-14(23)11-19(22)26/h13-14,16-18,22H,4-12H2,1-3H3,(H,28,29)/p-1/t13-,14+,16-,17-,18+,22+,23+,24-/m1/s1. The van der Waals surface area contributed by atoms with Crippen molar-refractivity contribution in [3.8, 4) is 0 Å². The summed E-state index contributed by atoms with van der Waals surface area (Å²) in [5.41, 5.74) is -0.627. The molecular formula is C24H33O5-. The molecule has 0 aromatic heterocycles. The topological polar surface area (TPSA) is 91.3 Å². The van der Waals surface area contributed by atoms with Crippen LogP contribution in [-0.2, 0) is 19.2 Å². The number of Topliss-reactive ketones (excluding diaryl/α,β-unsaturated/α-hetero) is 3. The van der Waals surface area contributed by atoms with Crippen molar-refractivity contribution in [1.82, 2.24) is 0 Å². The van der Waals surface area contributed by atoms with E-state index in [0.717, 1.165) is 19.3 Å². The van der Waals surface area contributed by atoms with Gasteiger partial charge in [-0.15, -0.1) is 0 Å². The van der Waals surface area contributed by atoms with E-state index >= 15 is 0 Å². The van der Waals surface area contributed by atoms with Gasteiger partial charge in [0.1, 0.15) is 17.3 Å². The number of rotatable bonds is 4. The molecule has 0 saturated heterocycles. The van der Waals surface area contributed by atoms with Gasteiger partial charge in [-0.1, -0.05) is 20.8 Å². The van der Waals surface area contributed by atoms with Crippen molar-refractivity contribution in [2.75, 3.05) is 0 Å². The zero-order valence-corrected chi connectivity index (χ0v) is 17.9. The Kier molecular flexibility index (Phi) is 5.02. The summed E-state index contributed by atoms with van der Waals surface area (Å²) in [6, 6.07) is 0. The van der Waals surface area contributed by atoms with Crippen LogP contribution in [0.2, 0.25) is 0 Å². The van der Waals surface area contributed by atoms with Crippen LogP contribution in [0.15, 0.2) is 0 Å². The Morgan fingerprint density at radius 3 is 2.52 bits per heavy atom. The second-order valence-corrected chi connectivity index (χ2v) is 10.8. The average Bonchev–Trinajstić information content (AvgIpc) is 3.01. The second-order valence-electron chi connectivity index (χ2n) is 10.8. The lowest BCUT2D eigenvalue weighted by atomic mass is 9.44. The fraction of sp³-hybridized carbons (Fsp3) is 0.833. The molecule has 0 aliphatic heterocycles. The Bertz CT molecular complexity index is 756. The van der Waals surface area contributed by atoms with Crippen LogP contribution in [0.1, 0.15) is 78.6 Å². The number of hydrogen-bond donors (Lipinski definition) is 0. The Morgan fingerprint density at radius 1 is 1.10 bits per heavy atom. The van der Waals surface area contributed by atoms with Gasteiger partial charge in [-0.25, -0.2) is 0 Å². The monoisotopic (exact) mass is 401 g/mol. The second kappa shape index (κ2) is 7.02. The molecule has 0 N–H and O–H groups in total. The predicted molar refractivity (Wildman–Crippen MR) is 104 cm³/mol. The van der Waals surface area contributed by atoms with E-state index < -0.39 is 11.4 Å². The van der Waals surface area contributed by atoms with E-state index in [-0.39, 0.29) is 64.7 Å². The summed E-state index contributed by atoms with van der Waals surface area (Å²) < 4.78 is 0. The van der Waals surface area contributed by atoms with E-state index in [0.29, 0.717) is 32.1 Å². The lowest BCUT2D eigenvalue weighted by Crippen LogP contribution is -2.60. The van der Waals surface area contributed by atoms with Crippen molar-refractivity contribution in [2.45, 2.75) is 78.6 Å². The summed E-state index contributed by atoms with van der Waals surface area (Å²) in [5.74, 6) is 0.130. The largest absolute Gasteiger partial charge is 0.550 e. The first kappa shape index (κ1) is 20.7. The minimum atomic E-state index is -1.04. The predicted octanol–water partition coefficient (Wildman–Crippen LogP) is 2.74. The van der Waals surface area contributed by atoms with Crippen LogP contribution < -0.4 is 5.11 Å². The zero-order chi connectivity index (χ0) is 21.1. The Labute approximate surface area is 173 Å². The summed E-state index contributed by atoms with van der Waals surface area (Å²) in [7, 11) is 0.